The van der Waals surface area contributed by atoms with Crippen molar-refractivity contribution in [1.29, 1.82) is 0 Å². The SMILES string of the molecule is CCCCCCCCCC(=O)OCCCCCCCN(CCCCO)CCCCCC1(CC(=O)OCCCC(CCCCC)CCCCC)CC1. The molecule has 1 fully saturated rings. The molecule has 1 saturated carbocycles. The van der Waals surface area contributed by atoms with Crippen molar-refractivity contribution in [3.05, 3.63) is 0 Å². The predicted molar refractivity (Wildman–Crippen MR) is 216 cm³/mol. The smallest absolute Gasteiger partial charge is 0.306 e. The Hall–Kier alpha value is -1.14. The van der Waals surface area contributed by atoms with Gasteiger partial charge in [0.2, 0.25) is 0 Å². The van der Waals surface area contributed by atoms with E-state index in [1.165, 1.54) is 141 Å². The van der Waals surface area contributed by atoms with Crippen LogP contribution >= 0.6 is 0 Å². The summed E-state index contributed by atoms with van der Waals surface area (Å²) in [6, 6.07) is 0. The largest absolute Gasteiger partial charge is 0.466 e. The van der Waals surface area contributed by atoms with Gasteiger partial charge in [-0.2, -0.15) is 0 Å². The van der Waals surface area contributed by atoms with E-state index < -0.39 is 0 Å². The van der Waals surface area contributed by atoms with E-state index in [2.05, 4.69) is 25.7 Å². The number of unbranched alkanes of at least 4 members (excludes halogenated alkanes) is 17. The predicted octanol–water partition coefficient (Wildman–Crippen LogP) is 12.5. The Labute approximate surface area is 317 Å². The molecular formula is C45H87NO5. The number of hydrogen-bond donors (Lipinski definition) is 1. The van der Waals surface area contributed by atoms with E-state index in [4.69, 9.17) is 9.47 Å². The second-order valence-electron chi connectivity index (χ2n) is 16.3. The number of ether oxygens (including phenoxy) is 2. The summed E-state index contributed by atoms with van der Waals surface area (Å²) in [6.07, 6.45) is 37.5. The van der Waals surface area contributed by atoms with Crippen LogP contribution in [0.5, 0.6) is 0 Å². The fraction of sp³-hybridized carbons (Fsp3) is 0.956. The minimum Gasteiger partial charge on any atom is -0.466 e. The minimum atomic E-state index is -0.0167. The summed E-state index contributed by atoms with van der Waals surface area (Å²) in [5, 5.41) is 9.28. The van der Waals surface area contributed by atoms with Gasteiger partial charge in [0.1, 0.15) is 0 Å². The molecule has 1 aliphatic carbocycles. The van der Waals surface area contributed by atoms with Gasteiger partial charge in [0.05, 0.1) is 19.6 Å². The van der Waals surface area contributed by atoms with E-state index >= 15 is 0 Å². The average Bonchev–Trinajstić information content (AvgIpc) is 3.89. The molecular weight excluding hydrogens is 634 g/mol. The second kappa shape index (κ2) is 34.6. The third-order valence-electron chi connectivity index (χ3n) is 11.4. The van der Waals surface area contributed by atoms with Gasteiger partial charge in [-0.3, -0.25) is 9.59 Å². The Kier molecular flexibility index (Phi) is 32.5. The highest BCUT2D eigenvalue weighted by molar-refractivity contribution is 5.70. The van der Waals surface area contributed by atoms with Crippen molar-refractivity contribution in [3.63, 3.8) is 0 Å². The molecule has 0 atom stereocenters. The number of rotatable bonds is 40. The molecule has 0 aromatic rings. The van der Waals surface area contributed by atoms with Gasteiger partial charge < -0.3 is 19.5 Å². The van der Waals surface area contributed by atoms with E-state index in [0.29, 0.717) is 26.1 Å². The molecule has 51 heavy (non-hydrogen) atoms. The first-order valence-electron chi connectivity index (χ1n) is 22.6. The van der Waals surface area contributed by atoms with Gasteiger partial charge in [-0.05, 0) is 102 Å². The van der Waals surface area contributed by atoms with Gasteiger partial charge in [0.25, 0.3) is 0 Å². The quantitative estimate of drug-likeness (QED) is 0.0501. The first-order chi connectivity index (χ1) is 25.0. The fourth-order valence-corrected chi connectivity index (χ4v) is 7.65. The van der Waals surface area contributed by atoms with Crippen molar-refractivity contribution < 1.29 is 24.2 Å². The molecule has 0 aliphatic heterocycles. The van der Waals surface area contributed by atoms with Crippen molar-refractivity contribution in [3.8, 4) is 0 Å². The minimum absolute atomic E-state index is 0.0167. The van der Waals surface area contributed by atoms with Crippen LogP contribution in [0, 0.1) is 11.3 Å². The highest BCUT2D eigenvalue weighted by atomic mass is 16.5. The van der Waals surface area contributed by atoms with Gasteiger partial charge in [0.15, 0.2) is 0 Å². The first kappa shape index (κ1) is 47.9. The van der Waals surface area contributed by atoms with E-state index in [0.717, 1.165) is 76.9 Å². The Morgan fingerprint density at radius 1 is 0.549 bits per heavy atom. The van der Waals surface area contributed by atoms with Crippen LogP contribution < -0.4 is 0 Å². The van der Waals surface area contributed by atoms with Crippen LogP contribution in [0.4, 0.5) is 0 Å². The lowest BCUT2D eigenvalue weighted by Gasteiger charge is -2.22. The van der Waals surface area contributed by atoms with Crippen LogP contribution in [-0.2, 0) is 19.1 Å². The normalized spacial score (nSPS) is 13.7. The molecule has 6 heteroatoms. The lowest BCUT2D eigenvalue weighted by molar-refractivity contribution is -0.145. The monoisotopic (exact) mass is 722 g/mol. The lowest BCUT2D eigenvalue weighted by atomic mass is 9.91. The molecule has 6 nitrogen and oxygen atoms in total. The van der Waals surface area contributed by atoms with Crippen LogP contribution in [0.3, 0.4) is 0 Å². The summed E-state index contributed by atoms with van der Waals surface area (Å²) in [4.78, 5) is 27.3. The first-order valence-corrected chi connectivity index (χ1v) is 22.6. The molecule has 1 rings (SSSR count). The zero-order chi connectivity index (χ0) is 37.1. The maximum atomic E-state index is 12.7. The maximum Gasteiger partial charge on any atom is 0.306 e. The summed E-state index contributed by atoms with van der Waals surface area (Å²) in [7, 11) is 0. The topological polar surface area (TPSA) is 76.1 Å². The van der Waals surface area contributed by atoms with Crippen molar-refractivity contribution in [1.82, 2.24) is 4.90 Å². The number of aliphatic hydroxyl groups is 1. The molecule has 0 unspecified atom stereocenters. The van der Waals surface area contributed by atoms with Crippen LogP contribution in [0.15, 0.2) is 0 Å². The fourth-order valence-electron chi connectivity index (χ4n) is 7.65. The number of carbonyl (C=O) groups is 2. The van der Waals surface area contributed by atoms with Gasteiger partial charge in [-0.1, -0.05) is 143 Å². The van der Waals surface area contributed by atoms with Gasteiger partial charge in [0, 0.05) is 13.0 Å². The summed E-state index contributed by atoms with van der Waals surface area (Å²) in [5.41, 5.74) is 0.229. The molecule has 0 heterocycles. The number of aliphatic hydroxyl groups excluding tert-OH is 1. The van der Waals surface area contributed by atoms with Gasteiger partial charge in [-0.15, -0.1) is 0 Å². The Balaban J connectivity index is 2.14. The zero-order valence-corrected chi connectivity index (χ0v) is 34.5. The third kappa shape index (κ3) is 29.9. The highest BCUT2D eigenvalue weighted by Crippen LogP contribution is 2.53. The molecule has 302 valence electrons. The van der Waals surface area contributed by atoms with Crippen molar-refractivity contribution in [2.24, 2.45) is 11.3 Å². The number of esters is 2. The van der Waals surface area contributed by atoms with Crippen molar-refractivity contribution >= 4 is 11.9 Å². The molecule has 0 aromatic carbocycles. The molecule has 0 saturated heterocycles. The van der Waals surface area contributed by atoms with E-state index in [-0.39, 0.29) is 24.0 Å². The molecule has 0 spiro atoms. The third-order valence-corrected chi connectivity index (χ3v) is 11.4. The Bertz CT molecular complexity index is 775. The van der Waals surface area contributed by atoms with Crippen LogP contribution in [0.2, 0.25) is 0 Å². The van der Waals surface area contributed by atoms with Gasteiger partial charge >= 0.3 is 11.9 Å². The summed E-state index contributed by atoms with van der Waals surface area (Å²) in [6.45, 7) is 11.6. The number of hydrogen-bond acceptors (Lipinski definition) is 6. The number of nitrogens with zero attached hydrogens (tertiary/aromatic N) is 1. The summed E-state index contributed by atoms with van der Waals surface area (Å²) < 4.78 is 11.2. The molecule has 1 N–H and O–H groups in total. The Morgan fingerprint density at radius 3 is 1.63 bits per heavy atom. The molecule has 0 bridgehead atoms. The highest BCUT2D eigenvalue weighted by Gasteiger charge is 2.43. The van der Waals surface area contributed by atoms with Gasteiger partial charge in [-0.25, -0.2) is 0 Å². The number of carbonyl (C=O) groups excluding carboxylic acids is 2. The van der Waals surface area contributed by atoms with E-state index in [1.54, 1.807) is 0 Å². The average molecular weight is 722 g/mol. The van der Waals surface area contributed by atoms with E-state index in [1.807, 2.05) is 0 Å². The van der Waals surface area contributed by atoms with Crippen LogP contribution in [0.1, 0.15) is 226 Å². The van der Waals surface area contributed by atoms with Crippen LogP contribution in [0.25, 0.3) is 0 Å². The zero-order valence-electron chi connectivity index (χ0n) is 34.5. The van der Waals surface area contributed by atoms with Crippen molar-refractivity contribution in [2.45, 2.75) is 226 Å². The molecule has 0 radical (unpaired) electrons. The maximum absolute atomic E-state index is 12.7. The second-order valence-corrected chi connectivity index (χ2v) is 16.3. The molecule has 0 amide bonds. The Morgan fingerprint density at radius 2 is 1.02 bits per heavy atom. The summed E-state index contributed by atoms with van der Waals surface area (Å²) in [5.74, 6) is 0.827. The lowest BCUT2D eigenvalue weighted by Crippen LogP contribution is -2.27. The molecule has 1 aliphatic rings. The molecule has 0 aromatic heterocycles. The standard InChI is InChI=1S/C45H87NO5/c1-4-7-10-11-12-14-20-31-43(48)50-39-26-16-13-15-22-35-46(37-24-25-38-47)36-23-17-21-32-45(33-34-45)41-44(49)51-40-27-30-42(28-18-8-5-2)29-19-9-6-3/h42,47H,4-41H2,1-3H3. The summed E-state index contributed by atoms with van der Waals surface area (Å²) >= 11 is 0. The van der Waals surface area contributed by atoms with Crippen molar-refractivity contribution in [2.75, 3.05) is 39.5 Å². The van der Waals surface area contributed by atoms with Crippen LogP contribution in [-0.4, -0.2) is 61.4 Å². The van der Waals surface area contributed by atoms with E-state index in [9.17, 15) is 14.7 Å².